The minimum Gasteiger partial charge on any atom is -0.451 e. The molecule has 0 radical (unpaired) electrons. The zero-order valence-electron chi connectivity index (χ0n) is 15.1. The van der Waals surface area contributed by atoms with Gasteiger partial charge < -0.3 is 10.1 Å². The molecule has 0 saturated heterocycles. The molecule has 7 nitrogen and oxygen atoms in total. The molecular weight excluding hydrogens is 358 g/mol. The molecule has 1 fully saturated rings. The van der Waals surface area contributed by atoms with E-state index in [0.29, 0.717) is 10.8 Å². The summed E-state index contributed by atoms with van der Waals surface area (Å²) in [5.41, 5.74) is 0.614. The number of nitrogens with one attached hydrogen (secondary N) is 1. The van der Waals surface area contributed by atoms with Crippen molar-refractivity contribution in [3.63, 3.8) is 0 Å². The van der Waals surface area contributed by atoms with Crippen LogP contribution < -0.4 is 10.9 Å². The van der Waals surface area contributed by atoms with Crippen LogP contribution in [-0.4, -0.2) is 34.3 Å². The van der Waals surface area contributed by atoms with Crippen LogP contribution in [-0.2, 0) is 16.1 Å². The number of carbonyl (C=O) groups excluding carboxylic acids is 2. The number of nitrogens with zero attached hydrogens (tertiary/aromatic N) is 2. The number of amides is 1. The predicted octanol–water partition coefficient (Wildman–Crippen LogP) is 1.88. The molecule has 28 heavy (non-hydrogen) atoms. The van der Waals surface area contributed by atoms with E-state index >= 15 is 0 Å². The molecule has 1 saturated carbocycles. The van der Waals surface area contributed by atoms with Gasteiger partial charge >= 0.3 is 5.97 Å². The van der Waals surface area contributed by atoms with Crippen LogP contribution in [0.1, 0.15) is 28.9 Å². The van der Waals surface area contributed by atoms with Crippen molar-refractivity contribution in [2.75, 3.05) is 6.61 Å². The van der Waals surface area contributed by atoms with Gasteiger partial charge in [0.1, 0.15) is 0 Å². The van der Waals surface area contributed by atoms with E-state index in [1.165, 1.54) is 4.68 Å². The average Bonchev–Trinajstić information content (AvgIpc) is 3.53. The lowest BCUT2D eigenvalue weighted by molar-refractivity contribution is -0.124. The molecule has 7 heteroatoms. The Morgan fingerprint density at radius 1 is 1.04 bits per heavy atom. The van der Waals surface area contributed by atoms with E-state index < -0.39 is 5.97 Å². The number of aromatic nitrogens is 2. The smallest absolute Gasteiger partial charge is 0.359 e. The van der Waals surface area contributed by atoms with Crippen molar-refractivity contribution >= 4 is 22.6 Å². The van der Waals surface area contributed by atoms with E-state index in [9.17, 15) is 14.4 Å². The molecule has 0 aliphatic heterocycles. The van der Waals surface area contributed by atoms with Gasteiger partial charge in [-0.15, -0.1) is 0 Å². The fraction of sp³-hybridized carbons (Fsp3) is 0.238. The summed E-state index contributed by atoms with van der Waals surface area (Å²) in [5.74, 6) is -1.07. The Bertz CT molecular complexity index is 1090. The monoisotopic (exact) mass is 377 g/mol. The van der Waals surface area contributed by atoms with E-state index in [1.807, 2.05) is 30.3 Å². The Labute approximate surface area is 160 Å². The van der Waals surface area contributed by atoms with Crippen LogP contribution in [0.3, 0.4) is 0 Å². The second kappa shape index (κ2) is 7.64. The largest absolute Gasteiger partial charge is 0.451 e. The molecule has 0 atom stereocenters. The molecule has 0 unspecified atom stereocenters. The lowest BCUT2D eigenvalue weighted by Gasteiger charge is -2.11. The van der Waals surface area contributed by atoms with Crippen molar-refractivity contribution in [2.24, 2.45) is 0 Å². The minimum atomic E-state index is -0.732. The molecule has 1 aromatic heterocycles. The third-order valence-corrected chi connectivity index (χ3v) is 4.51. The van der Waals surface area contributed by atoms with Gasteiger partial charge in [0, 0.05) is 11.4 Å². The van der Waals surface area contributed by atoms with Gasteiger partial charge in [-0.05, 0) is 24.5 Å². The number of benzene rings is 2. The summed E-state index contributed by atoms with van der Waals surface area (Å²) >= 11 is 0. The molecule has 4 rings (SSSR count). The third-order valence-electron chi connectivity index (χ3n) is 4.51. The number of esters is 1. The quantitative estimate of drug-likeness (QED) is 0.663. The molecule has 1 heterocycles. The highest BCUT2D eigenvalue weighted by atomic mass is 16.5. The highest BCUT2D eigenvalue weighted by Gasteiger charge is 2.24. The van der Waals surface area contributed by atoms with Crippen molar-refractivity contribution in [1.82, 2.24) is 15.1 Å². The molecule has 1 aliphatic rings. The molecule has 1 amide bonds. The van der Waals surface area contributed by atoms with Crippen LogP contribution in [0.5, 0.6) is 0 Å². The molecule has 1 aliphatic carbocycles. The highest BCUT2D eigenvalue weighted by Crippen LogP contribution is 2.18. The van der Waals surface area contributed by atoms with Gasteiger partial charge in [0.05, 0.1) is 11.9 Å². The van der Waals surface area contributed by atoms with E-state index in [0.717, 1.165) is 18.4 Å². The van der Waals surface area contributed by atoms with Crippen LogP contribution in [0.25, 0.3) is 10.8 Å². The summed E-state index contributed by atoms with van der Waals surface area (Å²) in [7, 11) is 0. The standard InChI is InChI=1S/C21H19N3O4/c25-18(22-15-10-11-15)13-28-21(27)19-16-8-4-5-9-17(16)20(26)24(23-19)12-14-6-2-1-3-7-14/h1-9,15H,10-13H2,(H,22,25). The third kappa shape index (κ3) is 3.93. The van der Waals surface area contributed by atoms with Crippen molar-refractivity contribution < 1.29 is 14.3 Å². The fourth-order valence-electron chi connectivity index (χ4n) is 2.95. The molecule has 0 spiro atoms. The van der Waals surface area contributed by atoms with Gasteiger partial charge in [0.25, 0.3) is 11.5 Å². The van der Waals surface area contributed by atoms with E-state index in [2.05, 4.69) is 10.4 Å². The highest BCUT2D eigenvalue weighted by molar-refractivity contribution is 6.02. The second-order valence-electron chi connectivity index (χ2n) is 6.76. The maximum Gasteiger partial charge on any atom is 0.359 e. The SMILES string of the molecule is O=C(COC(=O)c1nn(Cc2ccccc2)c(=O)c2ccccc12)NC1CC1. The van der Waals surface area contributed by atoms with Crippen molar-refractivity contribution in [3.8, 4) is 0 Å². The van der Waals surface area contributed by atoms with E-state index in [-0.39, 0.29) is 36.4 Å². The van der Waals surface area contributed by atoms with E-state index in [4.69, 9.17) is 4.74 Å². The number of ether oxygens (including phenoxy) is 1. The summed E-state index contributed by atoms with van der Waals surface area (Å²) in [6.45, 7) is -0.143. The Balaban J connectivity index is 1.64. The Morgan fingerprint density at radius 2 is 1.71 bits per heavy atom. The normalized spacial score (nSPS) is 13.3. The molecule has 3 aromatic rings. The Kier molecular flexibility index (Phi) is 4.89. The van der Waals surface area contributed by atoms with Crippen LogP contribution in [0.2, 0.25) is 0 Å². The Hall–Kier alpha value is -3.48. The van der Waals surface area contributed by atoms with Crippen LogP contribution >= 0.6 is 0 Å². The first-order valence-electron chi connectivity index (χ1n) is 9.12. The van der Waals surface area contributed by atoms with Gasteiger partial charge in [0.15, 0.2) is 12.3 Å². The number of hydrogen-bond acceptors (Lipinski definition) is 5. The number of carbonyl (C=O) groups is 2. The zero-order chi connectivity index (χ0) is 19.5. The summed E-state index contributed by atoms with van der Waals surface area (Å²) in [6, 6.07) is 16.3. The maximum atomic E-state index is 12.8. The summed E-state index contributed by atoms with van der Waals surface area (Å²) in [6.07, 6.45) is 1.91. The van der Waals surface area contributed by atoms with E-state index in [1.54, 1.807) is 24.3 Å². The summed E-state index contributed by atoms with van der Waals surface area (Å²) in [4.78, 5) is 37.2. The van der Waals surface area contributed by atoms with Crippen LogP contribution in [0, 0.1) is 0 Å². The summed E-state index contributed by atoms with van der Waals surface area (Å²) in [5, 5.41) is 7.79. The predicted molar refractivity (Wildman–Crippen MR) is 103 cm³/mol. The van der Waals surface area contributed by atoms with Gasteiger partial charge in [-0.2, -0.15) is 5.10 Å². The van der Waals surface area contributed by atoms with Gasteiger partial charge in [-0.1, -0.05) is 48.5 Å². The number of rotatable bonds is 6. The van der Waals surface area contributed by atoms with Crippen LogP contribution in [0.4, 0.5) is 0 Å². The van der Waals surface area contributed by atoms with Crippen molar-refractivity contribution in [2.45, 2.75) is 25.4 Å². The lowest BCUT2D eigenvalue weighted by atomic mass is 10.1. The second-order valence-corrected chi connectivity index (χ2v) is 6.76. The first-order valence-corrected chi connectivity index (χ1v) is 9.12. The van der Waals surface area contributed by atoms with Crippen molar-refractivity contribution in [3.05, 3.63) is 76.2 Å². The molecule has 0 bridgehead atoms. The maximum absolute atomic E-state index is 12.8. The first-order chi connectivity index (χ1) is 13.6. The number of fused-ring (bicyclic) bond motifs is 1. The van der Waals surface area contributed by atoms with Gasteiger partial charge in [-0.25, -0.2) is 9.48 Å². The first kappa shape index (κ1) is 17.9. The fourth-order valence-corrected chi connectivity index (χ4v) is 2.95. The molecule has 1 N–H and O–H groups in total. The molecule has 2 aromatic carbocycles. The zero-order valence-corrected chi connectivity index (χ0v) is 15.1. The van der Waals surface area contributed by atoms with Crippen molar-refractivity contribution in [1.29, 1.82) is 0 Å². The van der Waals surface area contributed by atoms with Gasteiger partial charge in [-0.3, -0.25) is 9.59 Å². The average molecular weight is 377 g/mol. The topological polar surface area (TPSA) is 90.3 Å². The Morgan fingerprint density at radius 3 is 2.43 bits per heavy atom. The minimum absolute atomic E-state index is 0.0188. The molecular formula is C21H19N3O4. The number of hydrogen-bond donors (Lipinski definition) is 1. The molecule has 142 valence electrons. The summed E-state index contributed by atoms with van der Waals surface area (Å²) < 4.78 is 6.39. The lowest BCUT2D eigenvalue weighted by Crippen LogP contribution is -2.31. The van der Waals surface area contributed by atoms with Crippen LogP contribution in [0.15, 0.2) is 59.4 Å². The van der Waals surface area contributed by atoms with Gasteiger partial charge in [0.2, 0.25) is 0 Å².